The first kappa shape index (κ1) is 29.6. The lowest BCUT2D eigenvalue weighted by atomic mass is 9.80. The van der Waals surface area contributed by atoms with E-state index in [9.17, 15) is 0 Å². The highest BCUT2D eigenvalue weighted by Crippen LogP contribution is 2.35. The molecule has 7 heteroatoms. The molecule has 1 aromatic carbocycles. The van der Waals surface area contributed by atoms with Gasteiger partial charge in [0.15, 0.2) is 0 Å². The molecule has 3 N–H and O–H groups in total. The van der Waals surface area contributed by atoms with Gasteiger partial charge in [0.2, 0.25) is 0 Å². The van der Waals surface area contributed by atoms with Gasteiger partial charge in [0, 0.05) is 60.8 Å². The summed E-state index contributed by atoms with van der Waals surface area (Å²) in [6, 6.07) is 11.3. The molecule has 2 aromatic rings. The molecule has 3 aliphatic rings. The summed E-state index contributed by atoms with van der Waals surface area (Å²) in [5, 5.41) is 3.59. The Morgan fingerprint density at radius 2 is 1.98 bits per heavy atom. The number of aromatic nitrogens is 1. The number of rotatable bonds is 11. The van der Waals surface area contributed by atoms with Crippen LogP contribution in [-0.4, -0.2) is 62.0 Å². The van der Waals surface area contributed by atoms with Crippen LogP contribution >= 0.6 is 0 Å². The fraction of sp³-hybridized carbons (Fsp3) is 0.559. The van der Waals surface area contributed by atoms with Gasteiger partial charge in [0.1, 0.15) is 11.6 Å². The van der Waals surface area contributed by atoms with Gasteiger partial charge in [-0.05, 0) is 86.8 Å². The van der Waals surface area contributed by atoms with E-state index in [0.717, 1.165) is 78.5 Å². The van der Waals surface area contributed by atoms with E-state index < -0.39 is 0 Å². The van der Waals surface area contributed by atoms with E-state index in [4.69, 9.17) is 24.9 Å². The van der Waals surface area contributed by atoms with Crippen LogP contribution in [-0.2, 0) is 16.0 Å². The van der Waals surface area contributed by atoms with Gasteiger partial charge in [-0.1, -0.05) is 26.0 Å². The van der Waals surface area contributed by atoms with E-state index in [1.807, 2.05) is 6.07 Å². The van der Waals surface area contributed by atoms with Crippen molar-refractivity contribution in [3.05, 3.63) is 59.7 Å². The summed E-state index contributed by atoms with van der Waals surface area (Å²) >= 11 is 0. The van der Waals surface area contributed by atoms with E-state index >= 15 is 0 Å². The molecule has 3 unspecified atom stereocenters. The SMILES string of the molecule is C=C(/C=C(\c1ccc(-c2ccc(OC)c(CNC3CC3)c2)nc1N)N1CCOC[C@@H]1C)C(C)CC1CCOCC1C. The van der Waals surface area contributed by atoms with Gasteiger partial charge < -0.3 is 30.2 Å². The Morgan fingerprint density at radius 3 is 2.68 bits per heavy atom. The highest BCUT2D eigenvalue weighted by Gasteiger charge is 2.27. The van der Waals surface area contributed by atoms with Gasteiger partial charge in [0.25, 0.3) is 0 Å². The topological polar surface area (TPSA) is 81.9 Å². The largest absolute Gasteiger partial charge is 0.496 e. The number of ether oxygens (including phenoxy) is 3. The van der Waals surface area contributed by atoms with E-state index in [1.54, 1.807) is 7.11 Å². The maximum absolute atomic E-state index is 6.74. The molecule has 0 amide bonds. The molecular formula is C34H48N4O3. The molecule has 2 saturated heterocycles. The summed E-state index contributed by atoms with van der Waals surface area (Å²) in [5.41, 5.74) is 12.9. The van der Waals surface area contributed by atoms with Crippen LogP contribution in [0.5, 0.6) is 5.75 Å². The summed E-state index contributed by atoms with van der Waals surface area (Å²) < 4.78 is 17.1. The Bertz CT molecular complexity index is 1240. The Balaban J connectivity index is 1.41. The van der Waals surface area contributed by atoms with Crippen LogP contribution in [0.15, 0.2) is 48.6 Å². The number of allylic oxidation sites excluding steroid dienone is 2. The number of nitrogen functional groups attached to an aromatic ring is 1. The Kier molecular flexibility index (Phi) is 9.68. The third-order valence-electron chi connectivity index (χ3n) is 9.04. The van der Waals surface area contributed by atoms with Crippen LogP contribution in [0.2, 0.25) is 0 Å². The van der Waals surface area contributed by atoms with Crippen LogP contribution in [0.4, 0.5) is 5.82 Å². The van der Waals surface area contributed by atoms with Crippen molar-refractivity contribution in [2.75, 3.05) is 45.8 Å². The summed E-state index contributed by atoms with van der Waals surface area (Å²) in [6.07, 6.45) is 6.99. The zero-order chi connectivity index (χ0) is 28.9. The highest BCUT2D eigenvalue weighted by molar-refractivity contribution is 5.76. The van der Waals surface area contributed by atoms with E-state index in [-0.39, 0.29) is 6.04 Å². The van der Waals surface area contributed by atoms with Crippen molar-refractivity contribution >= 4 is 11.5 Å². The molecule has 2 aliphatic heterocycles. The molecule has 1 saturated carbocycles. The van der Waals surface area contributed by atoms with Crippen LogP contribution in [0, 0.1) is 17.8 Å². The van der Waals surface area contributed by atoms with Gasteiger partial charge in [-0.15, -0.1) is 0 Å². The molecule has 5 rings (SSSR count). The second-order valence-electron chi connectivity index (χ2n) is 12.3. The summed E-state index contributed by atoms with van der Waals surface area (Å²) in [5.74, 6) is 3.02. The van der Waals surface area contributed by atoms with Crippen molar-refractivity contribution in [1.82, 2.24) is 15.2 Å². The smallest absolute Gasteiger partial charge is 0.133 e. The first-order chi connectivity index (χ1) is 19.8. The number of nitrogens with two attached hydrogens (primary N) is 1. The van der Waals surface area contributed by atoms with Crippen molar-refractivity contribution in [1.29, 1.82) is 0 Å². The second-order valence-corrected chi connectivity index (χ2v) is 12.3. The Morgan fingerprint density at radius 1 is 1.17 bits per heavy atom. The summed E-state index contributed by atoms with van der Waals surface area (Å²) in [6.45, 7) is 16.0. The molecule has 1 aliphatic carbocycles. The van der Waals surface area contributed by atoms with E-state index in [2.05, 4.69) is 67.9 Å². The number of benzene rings is 1. The molecule has 0 bridgehead atoms. The number of morpholine rings is 1. The maximum Gasteiger partial charge on any atom is 0.133 e. The van der Waals surface area contributed by atoms with Gasteiger partial charge in [-0.2, -0.15) is 0 Å². The van der Waals surface area contributed by atoms with Gasteiger partial charge in [-0.25, -0.2) is 4.98 Å². The van der Waals surface area contributed by atoms with Gasteiger partial charge >= 0.3 is 0 Å². The predicted octanol–water partition coefficient (Wildman–Crippen LogP) is 5.91. The lowest BCUT2D eigenvalue weighted by Crippen LogP contribution is -2.42. The van der Waals surface area contributed by atoms with Crippen LogP contribution in [0.3, 0.4) is 0 Å². The van der Waals surface area contributed by atoms with Crippen LogP contribution in [0.25, 0.3) is 17.0 Å². The minimum absolute atomic E-state index is 0.232. The van der Waals surface area contributed by atoms with E-state index in [1.165, 1.54) is 12.8 Å². The number of methoxy groups -OCH3 is 1. The lowest BCUT2D eigenvalue weighted by molar-refractivity contribution is 0.0184. The van der Waals surface area contributed by atoms with Crippen molar-refractivity contribution < 1.29 is 14.2 Å². The second kappa shape index (κ2) is 13.4. The van der Waals surface area contributed by atoms with Gasteiger partial charge in [-0.3, -0.25) is 0 Å². The number of pyridine rings is 1. The minimum Gasteiger partial charge on any atom is -0.496 e. The molecule has 0 radical (unpaired) electrons. The molecule has 222 valence electrons. The standard InChI is InChI=1S/C34H48N4O3/c1-22(16-26-12-14-40-20-24(26)3)23(2)17-32(38-13-15-41-21-25(38)4)30-9-10-31(37-34(30)35)27-6-11-33(39-5)28(18-27)19-36-29-7-8-29/h6,9-11,17-18,22,24-26,29,36H,2,7-8,12-16,19-21H2,1,3-5H3,(H2,35,37)/b32-17+/t22?,24?,25-,26?/m0/s1. The molecule has 0 spiro atoms. The van der Waals surface area contributed by atoms with Gasteiger partial charge in [0.05, 0.1) is 26.0 Å². The molecule has 7 nitrogen and oxygen atoms in total. The van der Waals surface area contributed by atoms with Crippen LogP contribution < -0.4 is 15.8 Å². The molecule has 1 aromatic heterocycles. The normalized spacial score (nSPS) is 24.2. The summed E-state index contributed by atoms with van der Waals surface area (Å²) in [7, 11) is 1.72. The molecule has 4 atom stereocenters. The fourth-order valence-electron chi connectivity index (χ4n) is 6.07. The van der Waals surface area contributed by atoms with Crippen molar-refractivity contribution in [2.24, 2.45) is 17.8 Å². The predicted molar refractivity (Wildman–Crippen MR) is 166 cm³/mol. The highest BCUT2D eigenvalue weighted by atomic mass is 16.5. The van der Waals surface area contributed by atoms with Crippen LogP contribution in [0.1, 0.15) is 57.6 Å². The first-order valence-corrected chi connectivity index (χ1v) is 15.3. The maximum atomic E-state index is 6.74. The first-order valence-electron chi connectivity index (χ1n) is 15.3. The van der Waals surface area contributed by atoms with Crippen molar-refractivity contribution in [2.45, 2.75) is 65.1 Å². The third-order valence-corrected chi connectivity index (χ3v) is 9.04. The number of hydrogen-bond acceptors (Lipinski definition) is 7. The summed E-state index contributed by atoms with van der Waals surface area (Å²) in [4.78, 5) is 7.32. The molecule has 41 heavy (non-hydrogen) atoms. The Hall–Kier alpha value is -2.87. The minimum atomic E-state index is 0.232. The third kappa shape index (κ3) is 7.32. The number of nitrogens with zero attached hydrogens (tertiary/aromatic N) is 2. The molecule has 3 heterocycles. The number of anilines is 1. The average Bonchev–Trinajstić information content (AvgIpc) is 3.81. The molecule has 3 fully saturated rings. The quantitative estimate of drug-likeness (QED) is 0.331. The zero-order valence-electron chi connectivity index (χ0n) is 25.3. The van der Waals surface area contributed by atoms with Crippen molar-refractivity contribution in [3.8, 4) is 17.0 Å². The van der Waals surface area contributed by atoms with Crippen molar-refractivity contribution in [3.63, 3.8) is 0 Å². The lowest BCUT2D eigenvalue weighted by Gasteiger charge is -2.38. The zero-order valence-corrected chi connectivity index (χ0v) is 25.3. The molecular weight excluding hydrogens is 512 g/mol. The average molecular weight is 561 g/mol. The Labute approximate surface area is 246 Å². The number of hydrogen-bond donors (Lipinski definition) is 2. The van der Waals surface area contributed by atoms with E-state index in [0.29, 0.717) is 42.8 Å². The monoisotopic (exact) mass is 560 g/mol. The fourth-order valence-corrected chi connectivity index (χ4v) is 6.07. The number of nitrogens with one attached hydrogen (secondary N) is 1.